The first kappa shape index (κ1) is 33.0. The molecule has 0 spiro atoms. The lowest BCUT2D eigenvalue weighted by molar-refractivity contribution is 0.669. The number of benzene rings is 8. The van der Waals surface area contributed by atoms with Gasteiger partial charge in [0.1, 0.15) is 11.2 Å². The van der Waals surface area contributed by atoms with Gasteiger partial charge in [-0.15, -0.1) is 0 Å². The number of fused-ring (bicyclic) bond motifs is 3. The maximum absolute atomic E-state index is 6.52. The molecule has 264 valence electrons. The highest BCUT2D eigenvalue weighted by Crippen LogP contribution is 2.41. The van der Waals surface area contributed by atoms with Crippen LogP contribution < -0.4 is 4.90 Å². The number of rotatable bonds is 8. The van der Waals surface area contributed by atoms with Crippen molar-refractivity contribution in [2.24, 2.45) is 0 Å². The van der Waals surface area contributed by atoms with E-state index in [1.54, 1.807) is 0 Å². The summed E-state index contributed by atoms with van der Waals surface area (Å²) in [6, 6.07) is 71.1. The Hall–Kier alpha value is -7.63. The van der Waals surface area contributed by atoms with Gasteiger partial charge in [0.15, 0.2) is 17.5 Å². The van der Waals surface area contributed by atoms with E-state index in [4.69, 9.17) is 19.4 Å². The van der Waals surface area contributed by atoms with Crippen molar-refractivity contribution in [3.63, 3.8) is 0 Å². The van der Waals surface area contributed by atoms with E-state index < -0.39 is 0 Å². The van der Waals surface area contributed by atoms with Crippen LogP contribution in [0.1, 0.15) is 0 Å². The van der Waals surface area contributed by atoms with E-state index in [0.717, 1.165) is 77.9 Å². The first-order chi connectivity index (χ1) is 27.7. The zero-order valence-electron chi connectivity index (χ0n) is 30.3. The van der Waals surface area contributed by atoms with Gasteiger partial charge in [-0.05, 0) is 76.9 Å². The van der Waals surface area contributed by atoms with Crippen LogP contribution in [0.2, 0.25) is 0 Å². The summed E-state index contributed by atoms with van der Waals surface area (Å²) in [5.41, 5.74) is 12.1. The minimum absolute atomic E-state index is 0.622. The van der Waals surface area contributed by atoms with Crippen LogP contribution in [0.3, 0.4) is 0 Å². The molecule has 10 rings (SSSR count). The molecule has 0 radical (unpaired) electrons. The molecular formula is C51H34N4O. The van der Waals surface area contributed by atoms with E-state index in [9.17, 15) is 0 Å². The highest BCUT2D eigenvalue weighted by molar-refractivity contribution is 6.13. The van der Waals surface area contributed by atoms with E-state index in [-0.39, 0.29) is 0 Å². The molecule has 10 aromatic rings. The second-order valence-electron chi connectivity index (χ2n) is 13.7. The van der Waals surface area contributed by atoms with E-state index >= 15 is 0 Å². The highest BCUT2D eigenvalue weighted by Gasteiger charge is 2.18. The predicted octanol–water partition coefficient (Wildman–Crippen LogP) is 13.6. The van der Waals surface area contributed by atoms with Gasteiger partial charge in [-0.1, -0.05) is 152 Å². The smallest absolute Gasteiger partial charge is 0.164 e. The van der Waals surface area contributed by atoms with Crippen LogP contribution in [0, 0.1) is 0 Å². The first-order valence-electron chi connectivity index (χ1n) is 18.7. The molecule has 5 nitrogen and oxygen atoms in total. The third-order valence-electron chi connectivity index (χ3n) is 10.1. The number of aromatic nitrogens is 3. The Morgan fingerprint density at radius 3 is 1.30 bits per heavy atom. The summed E-state index contributed by atoms with van der Waals surface area (Å²) in [5.74, 6) is 1.90. The summed E-state index contributed by atoms with van der Waals surface area (Å²) in [4.78, 5) is 17.1. The molecule has 0 N–H and O–H groups in total. The van der Waals surface area contributed by atoms with Gasteiger partial charge in [0.2, 0.25) is 0 Å². The molecule has 0 unspecified atom stereocenters. The van der Waals surface area contributed by atoms with Gasteiger partial charge in [-0.2, -0.15) is 0 Å². The van der Waals surface area contributed by atoms with Gasteiger partial charge in [-0.25, -0.2) is 15.0 Å². The van der Waals surface area contributed by atoms with Crippen molar-refractivity contribution in [1.82, 2.24) is 15.0 Å². The first-order valence-corrected chi connectivity index (χ1v) is 18.7. The molecule has 2 aromatic heterocycles. The third kappa shape index (κ3) is 6.27. The summed E-state index contributed by atoms with van der Waals surface area (Å²) in [5, 5.41) is 2.17. The van der Waals surface area contributed by atoms with Gasteiger partial charge >= 0.3 is 0 Å². The lowest BCUT2D eigenvalue weighted by Gasteiger charge is -2.25. The van der Waals surface area contributed by atoms with Crippen molar-refractivity contribution in [2.45, 2.75) is 0 Å². The van der Waals surface area contributed by atoms with Crippen LogP contribution in [-0.4, -0.2) is 15.0 Å². The zero-order valence-corrected chi connectivity index (χ0v) is 30.3. The fourth-order valence-corrected chi connectivity index (χ4v) is 7.39. The molecule has 8 aromatic carbocycles. The second-order valence-corrected chi connectivity index (χ2v) is 13.7. The topological polar surface area (TPSA) is 55.1 Å². The Kier molecular flexibility index (Phi) is 8.43. The van der Waals surface area contributed by atoms with E-state index in [1.807, 2.05) is 84.9 Å². The molecule has 0 aliphatic carbocycles. The number of furan rings is 1. The van der Waals surface area contributed by atoms with Gasteiger partial charge in [-0.3, -0.25) is 0 Å². The lowest BCUT2D eigenvalue weighted by atomic mass is 9.94. The van der Waals surface area contributed by atoms with Crippen LogP contribution in [0.5, 0.6) is 0 Å². The van der Waals surface area contributed by atoms with Crippen LogP contribution >= 0.6 is 0 Å². The Labute approximate surface area is 324 Å². The zero-order chi connectivity index (χ0) is 37.3. The van der Waals surface area contributed by atoms with Crippen LogP contribution in [0.4, 0.5) is 17.1 Å². The average molecular weight is 719 g/mol. The SMILES string of the molecule is c1ccc(-c2nc(-c3ccccc3)nc(-c3ccc(-c4cc(-c5ccc(N(c6ccccc6)c6ccccc6)cc5)cc5oc6ccccc6c45)cc3)n2)cc1. The van der Waals surface area contributed by atoms with Crippen molar-refractivity contribution >= 4 is 39.0 Å². The molecular weight excluding hydrogens is 685 g/mol. The van der Waals surface area contributed by atoms with Crippen molar-refractivity contribution in [3.8, 4) is 56.4 Å². The molecule has 0 amide bonds. The van der Waals surface area contributed by atoms with Gasteiger partial charge in [0.05, 0.1) is 0 Å². The Balaban J connectivity index is 1.06. The molecule has 2 heterocycles. The molecule has 5 heteroatoms. The molecule has 56 heavy (non-hydrogen) atoms. The predicted molar refractivity (Wildman–Crippen MR) is 229 cm³/mol. The summed E-state index contributed by atoms with van der Waals surface area (Å²) >= 11 is 0. The fourth-order valence-electron chi connectivity index (χ4n) is 7.39. The monoisotopic (exact) mass is 718 g/mol. The third-order valence-corrected chi connectivity index (χ3v) is 10.1. The van der Waals surface area contributed by atoms with Gasteiger partial charge in [0, 0.05) is 44.5 Å². The van der Waals surface area contributed by atoms with Crippen LogP contribution in [0.25, 0.3) is 78.4 Å². The average Bonchev–Trinajstić information content (AvgIpc) is 3.66. The van der Waals surface area contributed by atoms with E-state index in [0.29, 0.717) is 17.5 Å². The molecule has 0 bridgehead atoms. The molecule has 0 fully saturated rings. The summed E-state index contributed by atoms with van der Waals surface area (Å²) < 4.78 is 6.52. The fraction of sp³-hybridized carbons (Fsp3) is 0. The minimum atomic E-state index is 0.622. The van der Waals surface area contributed by atoms with Crippen molar-refractivity contribution < 1.29 is 4.42 Å². The Morgan fingerprint density at radius 1 is 0.321 bits per heavy atom. The summed E-state index contributed by atoms with van der Waals surface area (Å²) in [7, 11) is 0. The Morgan fingerprint density at radius 2 is 0.750 bits per heavy atom. The van der Waals surface area contributed by atoms with Crippen molar-refractivity contribution in [1.29, 1.82) is 0 Å². The maximum atomic E-state index is 6.52. The summed E-state index contributed by atoms with van der Waals surface area (Å²) in [6.07, 6.45) is 0. The van der Waals surface area contributed by atoms with Crippen LogP contribution in [0.15, 0.2) is 211 Å². The van der Waals surface area contributed by atoms with Crippen LogP contribution in [-0.2, 0) is 0 Å². The Bertz CT molecular complexity index is 2830. The maximum Gasteiger partial charge on any atom is 0.164 e. The van der Waals surface area contributed by atoms with Crippen molar-refractivity contribution in [3.05, 3.63) is 206 Å². The van der Waals surface area contributed by atoms with Crippen molar-refractivity contribution in [2.75, 3.05) is 4.90 Å². The molecule has 0 atom stereocenters. The van der Waals surface area contributed by atoms with Gasteiger partial charge in [0.25, 0.3) is 0 Å². The normalized spacial score (nSPS) is 11.2. The number of hydrogen-bond acceptors (Lipinski definition) is 5. The molecule has 0 saturated carbocycles. The minimum Gasteiger partial charge on any atom is -0.456 e. The highest BCUT2D eigenvalue weighted by atomic mass is 16.3. The molecule has 0 aliphatic heterocycles. The molecule has 0 aliphatic rings. The quantitative estimate of drug-likeness (QED) is 0.157. The molecule has 0 saturated heterocycles. The lowest BCUT2D eigenvalue weighted by Crippen LogP contribution is -2.09. The number of nitrogens with zero attached hydrogens (tertiary/aromatic N) is 4. The summed E-state index contributed by atoms with van der Waals surface area (Å²) in [6.45, 7) is 0. The largest absolute Gasteiger partial charge is 0.456 e. The number of para-hydroxylation sites is 3. The number of anilines is 3. The van der Waals surface area contributed by atoms with E-state index in [1.165, 1.54) is 0 Å². The standard InChI is InChI=1S/C51H34N4O/c1-5-15-37(16-6-1)49-52-50(38-17-7-2-8-18-38)54-51(53-49)39-27-25-36(26-28-39)45-33-40(34-47-48(45)44-23-13-14-24-46(44)56-47)35-29-31-43(32-30-35)55(41-19-9-3-10-20-41)42-21-11-4-12-22-42/h1-34H. The second kappa shape index (κ2) is 14.3. The van der Waals surface area contributed by atoms with Gasteiger partial charge < -0.3 is 9.32 Å². The number of hydrogen-bond donors (Lipinski definition) is 0. The van der Waals surface area contributed by atoms with E-state index in [2.05, 4.69) is 126 Å².